The van der Waals surface area contributed by atoms with E-state index in [1.807, 2.05) is 12.1 Å². The topological polar surface area (TPSA) is 9.23 Å². The largest absolute Gasteiger partial charge is 0.435 e. The quantitative estimate of drug-likeness (QED) is 0.580. The SMILES string of the molecule is CC=C[C@H]1CCc2c(ccc3c2CC[C@H](c2ccc(OC(F)F)cc2)C3)C1. The zero-order valence-electron chi connectivity index (χ0n) is 15.8. The second-order valence-electron chi connectivity index (χ2n) is 7.76. The van der Waals surface area contributed by atoms with E-state index in [0.717, 1.165) is 19.3 Å². The molecule has 0 N–H and O–H groups in total. The number of benzene rings is 2. The van der Waals surface area contributed by atoms with Crippen LogP contribution in [0.25, 0.3) is 0 Å². The lowest BCUT2D eigenvalue weighted by molar-refractivity contribution is -0.0498. The maximum Gasteiger partial charge on any atom is 0.387 e. The Labute approximate surface area is 160 Å². The number of alkyl halides is 2. The van der Waals surface area contributed by atoms with Crippen molar-refractivity contribution >= 4 is 0 Å². The molecule has 2 atom stereocenters. The Balaban J connectivity index is 1.51. The van der Waals surface area contributed by atoms with Gasteiger partial charge in [0.1, 0.15) is 5.75 Å². The van der Waals surface area contributed by atoms with E-state index in [1.54, 1.807) is 23.3 Å². The van der Waals surface area contributed by atoms with Crippen molar-refractivity contribution in [1.82, 2.24) is 0 Å². The maximum atomic E-state index is 12.3. The van der Waals surface area contributed by atoms with Gasteiger partial charge in [0.05, 0.1) is 0 Å². The van der Waals surface area contributed by atoms with Gasteiger partial charge in [0, 0.05) is 0 Å². The lowest BCUT2D eigenvalue weighted by atomic mass is 9.74. The summed E-state index contributed by atoms with van der Waals surface area (Å²) in [7, 11) is 0. The van der Waals surface area contributed by atoms with E-state index in [-0.39, 0.29) is 5.75 Å². The molecule has 3 heteroatoms. The van der Waals surface area contributed by atoms with E-state index >= 15 is 0 Å². The normalized spacial score (nSPS) is 21.9. The lowest BCUT2D eigenvalue weighted by Gasteiger charge is -2.31. The van der Waals surface area contributed by atoms with Crippen LogP contribution < -0.4 is 4.74 Å². The fraction of sp³-hybridized carbons (Fsp3) is 0.417. The van der Waals surface area contributed by atoms with Crippen LogP contribution in [0.4, 0.5) is 8.78 Å². The van der Waals surface area contributed by atoms with Crippen molar-refractivity contribution in [3.8, 4) is 5.75 Å². The molecule has 0 aromatic heterocycles. The monoisotopic (exact) mass is 368 g/mol. The zero-order valence-corrected chi connectivity index (χ0v) is 15.8. The van der Waals surface area contributed by atoms with Crippen molar-refractivity contribution < 1.29 is 13.5 Å². The van der Waals surface area contributed by atoms with Crippen molar-refractivity contribution in [1.29, 1.82) is 0 Å². The third kappa shape index (κ3) is 3.92. The molecule has 0 spiro atoms. The van der Waals surface area contributed by atoms with E-state index in [0.29, 0.717) is 11.8 Å². The van der Waals surface area contributed by atoms with Crippen LogP contribution in [0.3, 0.4) is 0 Å². The Kier molecular flexibility index (Phi) is 5.29. The molecule has 1 nitrogen and oxygen atoms in total. The zero-order chi connectivity index (χ0) is 18.8. The summed E-state index contributed by atoms with van der Waals surface area (Å²) in [5, 5.41) is 0. The van der Waals surface area contributed by atoms with Gasteiger partial charge in [0.2, 0.25) is 0 Å². The van der Waals surface area contributed by atoms with Crippen molar-refractivity contribution in [2.75, 3.05) is 0 Å². The maximum absolute atomic E-state index is 12.3. The van der Waals surface area contributed by atoms with Crippen LogP contribution in [-0.4, -0.2) is 6.61 Å². The highest BCUT2D eigenvalue weighted by Gasteiger charge is 2.26. The summed E-state index contributed by atoms with van der Waals surface area (Å²) in [5.41, 5.74) is 7.42. The minimum absolute atomic E-state index is 0.231. The average Bonchev–Trinajstić information content (AvgIpc) is 2.67. The van der Waals surface area contributed by atoms with Gasteiger partial charge in [0.25, 0.3) is 0 Å². The molecule has 4 rings (SSSR count). The Morgan fingerprint density at radius 2 is 1.59 bits per heavy atom. The third-order valence-corrected chi connectivity index (χ3v) is 6.12. The second kappa shape index (κ2) is 7.84. The summed E-state index contributed by atoms with van der Waals surface area (Å²) in [6.07, 6.45) is 11.4. The van der Waals surface area contributed by atoms with Gasteiger partial charge in [-0.2, -0.15) is 8.78 Å². The van der Waals surface area contributed by atoms with Crippen LogP contribution in [0, 0.1) is 5.92 Å². The number of hydrogen-bond acceptors (Lipinski definition) is 1. The fourth-order valence-corrected chi connectivity index (χ4v) is 4.84. The number of allylic oxidation sites excluding steroid dienone is 2. The lowest BCUT2D eigenvalue weighted by Crippen LogP contribution is -2.20. The molecule has 0 radical (unpaired) electrons. The van der Waals surface area contributed by atoms with Crippen LogP contribution in [0.5, 0.6) is 5.75 Å². The van der Waals surface area contributed by atoms with E-state index < -0.39 is 6.61 Å². The van der Waals surface area contributed by atoms with Crippen LogP contribution in [0.1, 0.15) is 53.5 Å². The molecule has 0 fully saturated rings. The number of fused-ring (bicyclic) bond motifs is 3. The third-order valence-electron chi connectivity index (χ3n) is 6.12. The molecular formula is C24H26F2O. The highest BCUT2D eigenvalue weighted by atomic mass is 19.3. The Bertz CT molecular complexity index is 823. The highest BCUT2D eigenvalue weighted by Crippen LogP contribution is 2.38. The molecule has 0 saturated carbocycles. The second-order valence-corrected chi connectivity index (χ2v) is 7.76. The molecule has 0 heterocycles. The highest BCUT2D eigenvalue weighted by molar-refractivity contribution is 5.46. The Morgan fingerprint density at radius 1 is 0.926 bits per heavy atom. The average molecular weight is 368 g/mol. The number of rotatable bonds is 4. The molecule has 142 valence electrons. The predicted octanol–water partition coefficient (Wildman–Crippen LogP) is 6.24. The summed E-state index contributed by atoms with van der Waals surface area (Å²) >= 11 is 0. The van der Waals surface area contributed by atoms with Gasteiger partial charge in [-0.25, -0.2) is 0 Å². The molecule has 0 saturated heterocycles. The van der Waals surface area contributed by atoms with Crippen LogP contribution >= 0.6 is 0 Å². The summed E-state index contributed by atoms with van der Waals surface area (Å²) < 4.78 is 29.1. The minimum atomic E-state index is -2.77. The van der Waals surface area contributed by atoms with Crippen molar-refractivity contribution in [2.45, 2.75) is 58.0 Å². The summed E-state index contributed by atoms with van der Waals surface area (Å²) in [4.78, 5) is 0. The minimum Gasteiger partial charge on any atom is -0.435 e. The number of hydrogen-bond donors (Lipinski definition) is 0. The van der Waals surface area contributed by atoms with Crippen LogP contribution in [0.15, 0.2) is 48.6 Å². The van der Waals surface area contributed by atoms with E-state index in [1.165, 1.54) is 36.0 Å². The molecule has 0 amide bonds. The smallest absolute Gasteiger partial charge is 0.387 e. The van der Waals surface area contributed by atoms with Gasteiger partial charge < -0.3 is 4.74 Å². The van der Waals surface area contributed by atoms with Gasteiger partial charge in [-0.05, 0) is 97.2 Å². The van der Waals surface area contributed by atoms with Crippen molar-refractivity contribution in [3.05, 3.63) is 76.4 Å². The molecule has 27 heavy (non-hydrogen) atoms. The molecule has 2 aliphatic rings. The molecule has 2 aromatic rings. The first-order chi connectivity index (χ1) is 13.1. The Hall–Kier alpha value is -2.16. The van der Waals surface area contributed by atoms with E-state index in [9.17, 15) is 8.78 Å². The van der Waals surface area contributed by atoms with Crippen LogP contribution in [0.2, 0.25) is 0 Å². The van der Waals surface area contributed by atoms with Crippen LogP contribution in [-0.2, 0) is 25.7 Å². The van der Waals surface area contributed by atoms with Crippen molar-refractivity contribution in [2.24, 2.45) is 5.92 Å². The van der Waals surface area contributed by atoms with Gasteiger partial charge in [0.15, 0.2) is 0 Å². The van der Waals surface area contributed by atoms with Gasteiger partial charge in [-0.3, -0.25) is 0 Å². The van der Waals surface area contributed by atoms with Gasteiger partial charge in [-0.1, -0.05) is 36.4 Å². The van der Waals surface area contributed by atoms with E-state index in [2.05, 4.69) is 35.9 Å². The van der Waals surface area contributed by atoms with Gasteiger partial charge in [-0.15, -0.1) is 0 Å². The summed E-state index contributed by atoms with van der Waals surface area (Å²) in [6, 6.07) is 11.9. The first kappa shape index (κ1) is 18.2. The fourth-order valence-electron chi connectivity index (χ4n) is 4.84. The molecule has 0 bridgehead atoms. The molecule has 2 aromatic carbocycles. The predicted molar refractivity (Wildman–Crippen MR) is 105 cm³/mol. The number of halogens is 2. The number of ether oxygens (including phenoxy) is 1. The molecule has 2 aliphatic carbocycles. The Morgan fingerprint density at radius 3 is 2.26 bits per heavy atom. The summed E-state index contributed by atoms with van der Waals surface area (Å²) in [5.74, 6) is 1.37. The van der Waals surface area contributed by atoms with Crippen molar-refractivity contribution in [3.63, 3.8) is 0 Å². The molecule has 0 aliphatic heterocycles. The first-order valence-electron chi connectivity index (χ1n) is 9.94. The molecule has 0 unspecified atom stereocenters. The first-order valence-corrected chi connectivity index (χ1v) is 9.94. The van der Waals surface area contributed by atoms with E-state index in [4.69, 9.17) is 0 Å². The molecular weight excluding hydrogens is 342 g/mol. The van der Waals surface area contributed by atoms with Gasteiger partial charge >= 0.3 is 6.61 Å². The summed E-state index contributed by atoms with van der Waals surface area (Å²) in [6.45, 7) is -0.662. The standard InChI is InChI=1S/C24H26F2O/c1-2-3-16-4-12-22-19(14-16)5-6-20-15-18(9-13-23(20)22)17-7-10-21(11-8-17)27-24(25)26/h2-3,5-8,10-11,16,18,24H,4,9,12-15H2,1H3/t16-,18-/m0/s1.